The first-order valence-corrected chi connectivity index (χ1v) is 9.53. The minimum Gasteiger partial charge on any atom is -0.466 e. The third-order valence-corrected chi connectivity index (χ3v) is 5.06. The summed E-state index contributed by atoms with van der Waals surface area (Å²) in [5.41, 5.74) is 2.77. The van der Waals surface area contributed by atoms with Crippen LogP contribution in [-0.4, -0.2) is 36.0 Å². The van der Waals surface area contributed by atoms with Crippen LogP contribution in [0, 0.1) is 0 Å². The van der Waals surface area contributed by atoms with Gasteiger partial charge in [-0.1, -0.05) is 31.9 Å². The number of ether oxygens (including phenoxy) is 1. The van der Waals surface area contributed by atoms with Crippen LogP contribution in [0.5, 0.6) is 0 Å². The number of amides is 1. The molecule has 1 aliphatic heterocycles. The van der Waals surface area contributed by atoms with Crippen LogP contribution in [0.3, 0.4) is 0 Å². The molecular formula is C20H27N3O3S. The van der Waals surface area contributed by atoms with Crippen molar-refractivity contribution in [3.05, 3.63) is 41.1 Å². The highest BCUT2D eigenvalue weighted by Crippen LogP contribution is 2.31. The Morgan fingerprint density at radius 3 is 2.74 bits per heavy atom. The quantitative estimate of drug-likeness (QED) is 0.422. The number of unbranched alkanes of at least 4 members (excludes halogenated alkanes) is 2. The van der Waals surface area contributed by atoms with Crippen molar-refractivity contribution in [1.82, 2.24) is 10.2 Å². The zero-order valence-electron chi connectivity index (χ0n) is 16.3. The molecular weight excluding hydrogens is 362 g/mol. The predicted molar refractivity (Wildman–Crippen MR) is 110 cm³/mol. The lowest BCUT2D eigenvalue weighted by Crippen LogP contribution is -2.46. The molecule has 1 atom stereocenters. The molecule has 0 bridgehead atoms. The Labute approximate surface area is 166 Å². The van der Waals surface area contributed by atoms with Gasteiger partial charge >= 0.3 is 5.97 Å². The van der Waals surface area contributed by atoms with Crippen molar-refractivity contribution in [2.24, 2.45) is 0 Å². The highest BCUT2D eigenvalue weighted by atomic mass is 32.1. The topological polar surface area (TPSA) is 70.7 Å². The Morgan fingerprint density at radius 2 is 2.07 bits per heavy atom. The normalized spacial score (nSPS) is 16.8. The number of nitrogens with zero attached hydrogens (tertiary/aromatic N) is 1. The number of anilines is 1. The van der Waals surface area contributed by atoms with Crippen LogP contribution < -0.4 is 10.6 Å². The van der Waals surface area contributed by atoms with Crippen LogP contribution in [0.2, 0.25) is 0 Å². The molecule has 0 saturated carbocycles. The van der Waals surface area contributed by atoms with Crippen LogP contribution in [0.15, 0.2) is 35.5 Å². The van der Waals surface area contributed by atoms with E-state index >= 15 is 0 Å². The molecule has 0 spiro atoms. The van der Waals surface area contributed by atoms with E-state index in [4.69, 9.17) is 17.0 Å². The lowest BCUT2D eigenvalue weighted by atomic mass is 9.95. The largest absolute Gasteiger partial charge is 0.466 e. The van der Waals surface area contributed by atoms with Crippen LogP contribution in [0.4, 0.5) is 5.69 Å². The fourth-order valence-corrected chi connectivity index (χ4v) is 3.27. The van der Waals surface area contributed by atoms with Gasteiger partial charge in [0.25, 0.3) is 0 Å². The van der Waals surface area contributed by atoms with Crippen molar-refractivity contribution in [2.45, 2.75) is 45.6 Å². The second kappa shape index (κ2) is 9.50. The molecule has 0 radical (unpaired) electrons. The van der Waals surface area contributed by atoms with Gasteiger partial charge in [0, 0.05) is 24.9 Å². The van der Waals surface area contributed by atoms with Crippen molar-refractivity contribution >= 4 is 34.9 Å². The average molecular weight is 390 g/mol. The van der Waals surface area contributed by atoms with E-state index in [0.717, 1.165) is 30.5 Å². The van der Waals surface area contributed by atoms with Crippen LogP contribution in [-0.2, 0) is 14.3 Å². The third-order valence-electron chi connectivity index (χ3n) is 4.67. The van der Waals surface area contributed by atoms with Gasteiger partial charge in [-0.05, 0) is 43.3 Å². The Hall–Kier alpha value is -2.41. The molecule has 2 rings (SSSR count). The van der Waals surface area contributed by atoms with E-state index in [-0.39, 0.29) is 5.91 Å². The molecule has 0 saturated heterocycles. The lowest BCUT2D eigenvalue weighted by molar-refractivity contribution is -0.136. The monoisotopic (exact) mass is 389 g/mol. The molecule has 1 heterocycles. The summed E-state index contributed by atoms with van der Waals surface area (Å²) in [6, 6.07) is 7.01. The van der Waals surface area contributed by atoms with Crippen molar-refractivity contribution in [3.63, 3.8) is 0 Å². The number of carbonyl (C=O) groups is 2. The minimum atomic E-state index is -0.432. The van der Waals surface area contributed by atoms with Gasteiger partial charge in [-0.3, -0.25) is 4.79 Å². The summed E-state index contributed by atoms with van der Waals surface area (Å²) in [6.45, 7) is 3.95. The van der Waals surface area contributed by atoms with Crippen molar-refractivity contribution < 1.29 is 14.3 Å². The SMILES string of the molecule is CCCCCC(=O)Nc1cccc(C2NC(=S)N(C)C(C)=C2C(=O)OC)c1. The van der Waals surface area contributed by atoms with E-state index in [9.17, 15) is 9.59 Å². The van der Waals surface area contributed by atoms with E-state index in [1.54, 1.807) is 11.9 Å². The van der Waals surface area contributed by atoms with Crippen molar-refractivity contribution in [3.8, 4) is 0 Å². The van der Waals surface area contributed by atoms with Gasteiger partial charge in [-0.15, -0.1) is 0 Å². The number of methoxy groups -OCH3 is 1. The van der Waals surface area contributed by atoms with Gasteiger partial charge in [-0.2, -0.15) is 0 Å². The number of esters is 1. The van der Waals surface area contributed by atoms with Crippen LogP contribution >= 0.6 is 12.2 Å². The summed E-state index contributed by atoms with van der Waals surface area (Å²) < 4.78 is 4.97. The number of thiocarbonyl (C=S) groups is 1. The first-order chi connectivity index (χ1) is 12.9. The summed E-state index contributed by atoms with van der Waals surface area (Å²) in [4.78, 5) is 26.2. The molecule has 0 fully saturated rings. The Bertz CT molecular complexity index is 761. The number of hydrogen-bond donors (Lipinski definition) is 2. The summed E-state index contributed by atoms with van der Waals surface area (Å²) in [6.07, 6.45) is 3.49. The number of allylic oxidation sites excluding steroid dienone is 1. The van der Waals surface area contributed by atoms with Gasteiger partial charge < -0.3 is 20.3 Å². The fourth-order valence-electron chi connectivity index (χ4n) is 3.01. The zero-order valence-corrected chi connectivity index (χ0v) is 17.1. The molecule has 146 valence electrons. The van der Waals surface area contributed by atoms with E-state index in [1.807, 2.05) is 31.2 Å². The molecule has 1 aliphatic rings. The van der Waals surface area contributed by atoms with Crippen LogP contribution in [0.25, 0.3) is 0 Å². The van der Waals surface area contributed by atoms with E-state index in [2.05, 4.69) is 17.6 Å². The summed E-state index contributed by atoms with van der Waals surface area (Å²) in [5.74, 6) is -0.416. The number of carbonyl (C=O) groups excluding carboxylic acids is 2. The average Bonchev–Trinajstić information content (AvgIpc) is 2.65. The summed E-state index contributed by atoms with van der Waals surface area (Å²) in [7, 11) is 3.16. The molecule has 7 heteroatoms. The summed E-state index contributed by atoms with van der Waals surface area (Å²) in [5, 5.41) is 6.64. The van der Waals surface area contributed by atoms with Gasteiger partial charge in [0.15, 0.2) is 5.11 Å². The third kappa shape index (κ3) is 5.07. The highest BCUT2D eigenvalue weighted by molar-refractivity contribution is 7.80. The molecule has 1 aromatic rings. The van der Waals surface area contributed by atoms with Gasteiger partial charge in [0.05, 0.1) is 18.7 Å². The summed E-state index contributed by atoms with van der Waals surface area (Å²) >= 11 is 5.38. The standard InChI is InChI=1S/C20H27N3O3S/c1-5-6-7-11-16(24)21-15-10-8-9-14(12-15)18-17(19(25)26-4)13(2)23(3)20(27)22-18/h8-10,12,18H,5-7,11H2,1-4H3,(H,21,24)(H,22,27). The van der Waals surface area contributed by atoms with Gasteiger partial charge in [-0.25, -0.2) is 4.79 Å². The van der Waals surface area contributed by atoms with E-state index in [1.165, 1.54) is 7.11 Å². The van der Waals surface area contributed by atoms with Gasteiger partial charge in [0.2, 0.25) is 5.91 Å². The smallest absolute Gasteiger partial charge is 0.337 e. The van der Waals surface area contributed by atoms with E-state index < -0.39 is 12.0 Å². The molecule has 0 aromatic heterocycles. The molecule has 1 unspecified atom stereocenters. The first kappa shape index (κ1) is 20.9. The second-order valence-electron chi connectivity index (χ2n) is 6.56. The molecule has 6 nitrogen and oxygen atoms in total. The van der Waals surface area contributed by atoms with Crippen molar-refractivity contribution in [1.29, 1.82) is 0 Å². The molecule has 27 heavy (non-hydrogen) atoms. The zero-order chi connectivity index (χ0) is 20.0. The molecule has 2 N–H and O–H groups in total. The highest BCUT2D eigenvalue weighted by Gasteiger charge is 2.33. The minimum absolute atomic E-state index is 0.00706. The molecule has 0 aliphatic carbocycles. The fraction of sp³-hybridized carbons (Fsp3) is 0.450. The molecule has 1 aromatic carbocycles. The maximum absolute atomic E-state index is 12.4. The number of rotatable bonds is 7. The number of nitrogens with one attached hydrogen (secondary N) is 2. The second-order valence-corrected chi connectivity index (χ2v) is 6.95. The molecule has 1 amide bonds. The first-order valence-electron chi connectivity index (χ1n) is 9.12. The predicted octanol–water partition coefficient (Wildman–Crippen LogP) is 3.51. The maximum atomic E-state index is 12.4. The number of hydrogen-bond acceptors (Lipinski definition) is 4. The Morgan fingerprint density at radius 1 is 1.33 bits per heavy atom. The van der Waals surface area contributed by atoms with Gasteiger partial charge in [0.1, 0.15) is 0 Å². The lowest BCUT2D eigenvalue weighted by Gasteiger charge is -2.35. The Kier molecular flexibility index (Phi) is 7.36. The van der Waals surface area contributed by atoms with E-state index in [0.29, 0.717) is 22.8 Å². The number of benzene rings is 1. The Balaban J connectivity index is 2.27. The maximum Gasteiger partial charge on any atom is 0.337 e. The van der Waals surface area contributed by atoms with Crippen LogP contribution in [0.1, 0.15) is 51.1 Å². The van der Waals surface area contributed by atoms with Crippen molar-refractivity contribution in [2.75, 3.05) is 19.5 Å².